The molecule has 0 aromatic rings. The van der Waals surface area contributed by atoms with Crippen LogP contribution in [0.2, 0.25) is 0 Å². The maximum absolute atomic E-state index is 8.98. The zero-order chi connectivity index (χ0) is 10.4. The molecule has 1 fully saturated rings. The van der Waals surface area contributed by atoms with Gasteiger partial charge in [0, 0.05) is 13.2 Å². The Balaban J connectivity index is 2.04. The molecule has 0 saturated heterocycles. The summed E-state index contributed by atoms with van der Waals surface area (Å²) in [5, 5.41) is 8.98. The molecule has 14 heavy (non-hydrogen) atoms. The van der Waals surface area contributed by atoms with Crippen LogP contribution in [0.15, 0.2) is 0 Å². The van der Waals surface area contributed by atoms with Gasteiger partial charge >= 0.3 is 0 Å². The first-order valence-electron chi connectivity index (χ1n) is 5.59. The molecule has 1 aliphatic rings. The summed E-state index contributed by atoms with van der Waals surface area (Å²) in [6, 6.07) is 0. The van der Waals surface area contributed by atoms with E-state index in [1.807, 2.05) is 0 Å². The van der Waals surface area contributed by atoms with Gasteiger partial charge in [0.05, 0.1) is 12.7 Å². The van der Waals surface area contributed by atoms with Gasteiger partial charge in [-0.3, -0.25) is 0 Å². The van der Waals surface area contributed by atoms with E-state index in [1.54, 1.807) is 0 Å². The predicted octanol–water partition coefficient (Wildman–Crippen LogP) is 1.12. The van der Waals surface area contributed by atoms with Gasteiger partial charge in [-0.2, -0.15) is 0 Å². The summed E-state index contributed by atoms with van der Waals surface area (Å²) in [4.78, 5) is 2.14. The second-order valence-corrected chi connectivity index (χ2v) is 4.50. The summed E-state index contributed by atoms with van der Waals surface area (Å²) in [5.74, 6) is 0.531. The molecular formula is C11H23NO2. The highest BCUT2D eigenvalue weighted by atomic mass is 16.5. The van der Waals surface area contributed by atoms with Crippen molar-refractivity contribution in [3.63, 3.8) is 0 Å². The fourth-order valence-electron chi connectivity index (χ4n) is 1.88. The molecule has 0 bridgehead atoms. The molecule has 0 spiro atoms. The van der Waals surface area contributed by atoms with Crippen LogP contribution < -0.4 is 0 Å². The van der Waals surface area contributed by atoms with Gasteiger partial charge in [-0.25, -0.2) is 0 Å². The van der Waals surface area contributed by atoms with Crippen molar-refractivity contribution in [3.05, 3.63) is 0 Å². The Morgan fingerprint density at radius 2 is 1.86 bits per heavy atom. The van der Waals surface area contributed by atoms with Crippen molar-refractivity contribution >= 4 is 0 Å². The molecule has 1 N–H and O–H groups in total. The number of likely N-dealkylation sites (N-methyl/N-ethyl adjacent to an activating group) is 1. The maximum atomic E-state index is 8.98. The number of rotatable bonds is 5. The molecule has 0 amide bonds. The van der Waals surface area contributed by atoms with Crippen molar-refractivity contribution in [3.8, 4) is 0 Å². The molecule has 1 aliphatic carbocycles. The Kier molecular flexibility index (Phi) is 5.45. The first-order chi connectivity index (χ1) is 6.72. The monoisotopic (exact) mass is 201 g/mol. The average Bonchev–Trinajstić information content (AvgIpc) is 2.18. The Morgan fingerprint density at radius 1 is 1.21 bits per heavy atom. The Hall–Kier alpha value is -0.120. The zero-order valence-corrected chi connectivity index (χ0v) is 9.41. The van der Waals surface area contributed by atoms with E-state index in [-0.39, 0.29) is 0 Å². The fourth-order valence-corrected chi connectivity index (χ4v) is 1.88. The number of hydrogen-bond acceptors (Lipinski definition) is 3. The number of hydrogen-bond donors (Lipinski definition) is 1. The van der Waals surface area contributed by atoms with E-state index >= 15 is 0 Å². The van der Waals surface area contributed by atoms with Crippen LogP contribution in [0, 0.1) is 5.92 Å². The highest BCUT2D eigenvalue weighted by molar-refractivity contribution is 4.72. The molecule has 0 aromatic heterocycles. The van der Waals surface area contributed by atoms with Crippen LogP contribution in [0.5, 0.6) is 0 Å². The largest absolute Gasteiger partial charge is 0.396 e. The van der Waals surface area contributed by atoms with Gasteiger partial charge in [-0.15, -0.1) is 0 Å². The maximum Gasteiger partial charge on any atom is 0.0596 e. The summed E-state index contributed by atoms with van der Waals surface area (Å²) >= 11 is 0. The van der Waals surface area contributed by atoms with Gasteiger partial charge in [0.2, 0.25) is 0 Å². The summed E-state index contributed by atoms with van der Waals surface area (Å²) in [6.45, 7) is 2.19. The van der Waals surface area contributed by atoms with Crippen LogP contribution in [0.3, 0.4) is 0 Å². The highest BCUT2D eigenvalue weighted by Gasteiger charge is 2.20. The SMILES string of the molecule is CN(C)CCOC1CCC(CO)CC1. The third kappa shape index (κ3) is 4.40. The van der Waals surface area contributed by atoms with E-state index in [4.69, 9.17) is 9.84 Å². The van der Waals surface area contributed by atoms with Gasteiger partial charge in [-0.1, -0.05) is 0 Å². The van der Waals surface area contributed by atoms with Crippen LogP contribution >= 0.6 is 0 Å². The number of aliphatic hydroxyl groups excluding tert-OH is 1. The Labute approximate surface area is 87.1 Å². The van der Waals surface area contributed by atoms with Crippen molar-refractivity contribution < 1.29 is 9.84 Å². The fraction of sp³-hybridized carbons (Fsp3) is 1.00. The average molecular weight is 201 g/mol. The number of aliphatic hydroxyl groups is 1. The third-order valence-corrected chi connectivity index (χ3v) is 2.94. The molecule has 3 heteroatoms. The van der Waals surface area contributed by atoms with E-state index in [0.29, 0.717) is 18.6 Å². The first kappa shape index (κ1) is 12.0. The normalized spacial score (nSPS) is 28.3. The molecule has 84 valence electrons. The van der Waals surface area contributed by atoms with E-state index in [0.717, 1.165) is 38.8 Å². The molecule has 0 unspecified atom stereocenters. The molecule has 1 rings (SSSR count). The highest BCUT2D eigenvalue weighted by Crippen LogP contribution is 2.25. The van der Waals surface area contributed by atoms with Gasteiger partial charge in [0.15, 0.2) is 0 Å². The van der Waals surface area contributed by atoms with Crippen LogP contribution in [0.25, 0.3) is 0 Å². The van der Waals surface area contributed by atoms with Crippen LogP contribution in [0.1, 0.15) is 25.7 Å². The van der Waals surface area contributed by atoms with E-state index < -0.39 is 0 Å². The number of nitrogens with zero attached hydrogens (tertiary/aromatic N) is 1. The molecule has 0 heterocycles. The van der Waals surface area contributed by atoms with E-state index in [1.165, 1.54) is 0 Å². The molecular weight excluding hydrogens is 178 g/mol. The number of ether oxygens (including phenoxy) is 1. The Morgan fingerprint density at radius 3 is 2.36 bits per heavy atom. The molecule has 0 atom stereocenters. The van der Waals surface area contributed by atoms with Gasteiger partial charge in [0.1, 0.15) is 0 Å². The third-order valence-electron chi connectivity index (χ3n) is 2.94. The second kappa shape index (κ2) is 6.38. The lowest BCUT2D eigenvalue weighted by molar-refractivity contribution is 0.00589. The van der Waals surface area contributed by atoms with Crippen LogP contribution in [-0.4, -0.2) is 50.0 Å². The lowest BCUT2D eigenvalue weighted by Crippen LogP contribution is -2.26. The minimum atomic E-state index is 0.352. The van der Waals surface area contributed by atoms with Crippen molar-refractivity contribution in [2.45, 2.75) is 31.8 Å². The topological polar surface area (TPSA) is 32.7 Å². The molecule has 1 saturated carbocycles. The van der Waals surface area contributed by atoms with Gasteiger partial charge in [-0.05, 0) is 45.7 Å². The zero-order valence-electron chi connectivity index (χ0n) is 9.41. The predicted molar refractivity (Wildman–Crippen MR) is 57.3 cm³/mol. The second-order valence-electron chi connectivity index (χ2n) is 4.50. The quantitative estimate of drug-likeness (QED) is 0.723. The smallest absolute Gasteiger partial charge is 0.0596 e. The van der Waals surface area contributed by atoms with E-state index in [2.05, 4.69) is 19.0 Å². The standard InChI is InChI=1S/C11H23NO2/c1-12(2)7-8-14-11-5-3-10(9-13)4-6-11/h10-11,13H,3-9H2,1-2H3. The van der Waals surface area contributed by atoms with Crippen molar-refractivity contribution in [1.29, 1.82) is 0 Å². The van der Waals surface area contributed by atoms with Crippen molar-refractivity contribution in [2.24, 2.45) is 5.92 Å². The first-order valence-corrected chi connectivity index (χ1v) is 5.59. The van der Waals surface area contributed by atoms with Crippen LogP contribution in [-0.2, 0) is 4.74 Å². The summed E-state index contributed by atoms with van der Waals surface area (Å²) in [5.41, 5.74) is 0. The minimum absolute atomic E-state index is 0.352. The Bertz CT molecular complexity index is 142. The van der Waals surface area contributed by atoms with E-state index in [9.17, 15) is 0 Å². The summed E-state index contributed by atoms with van der Waals surface area (Å²) in [7, 11) is 4.12. The van der Waals surface area contributed by atoms with Gasteiger partial charge in [0.25, 0.3) is 0 Å². The summed E-state index contributed by atoms with van der Waals surface area (Å²) < 4.78 is 5.76. The molecule has 0 aliphatic heterocycles. The lowest BCUT2D eigenvalue weighted by atomic mass is 9.88. The van der Waals surface area contributed by atoms with Gasteiger partial charge < -0.3 is 14.7 Å². The van der Waals surface area contributed by atoms with Crippen molar-refractivity contribution in [1.82, 2.24) is 4.90 Å². The molecule has 0 aromatic carbocycles. The minimum Gasteiger partial charge on any atom is -0.396 e. The molecule has 3 nitrogen and oxygen atoms in total. The van der Waals surface area contributed by atoms with Crippen LogP contribution in [0.4, 0.5) is 0 Å². The summed E-state index contributed by atoms with van der Waals surface area (Å²) in [6.07, 6.45) is 4.95. The van der Waals surface area contributed by atoms with Crippen molar-refractivity contribution in [2.75, 3.05) is 33.9 Å². The molecule has 0 radical (unpaired) electrons. The lowest BCUT2D eigenvalue weighted by Gasteiger charge is -2.27.